The summed E-state index contributed by atoms with van der Waals surface area (Å²) >= 11 is 5.99. The molecule has 2 N–H and O–H groups in total. The molecule has 1 aromatic heterocycles. The molecule has 0 aliphatic rings. The summed E-state index contributed by atoms with van der Waals surface area (Å²) in [6.07, 6.45) is 1.45. The molecule has 9 heteroatoms. The molecule has 0 fully saturated rings. The van der Waals surface area contributed by atoms with Crippen LogP contribution in [0.4, 0.5) is 0 Å². The Kier molecular flexibility index (Phi) is 6.82. The van der Waals surface area contributed by atoms with Gasteiger partial charge in [0.15, 0.2) is 11.5 Å². The van der Waals surface area contributed by atoms with Gasteiger partial charge < -0.3 is 14.5 Å². The molecule has 30 heavy (non-hydrogen) atoms. The summed E-state index contributed by atoms with van der Waals surface area (Å²) in [6.45, 7) is 1.99. The standard InChI is InChI=1S/C21H19ClN4O4/c1-13-8-17(25-21(28)24-13)20(27)26-23-11-14-6-7-18(19(10-14)29-2)30-12-15-4-3-5-16(22)9-15/h3-11H,12H2,1-2H3,(H,26,27)(H,24,25,28)/b23-11+. The largest absolute Gasteiger partial charge is 0.493 e. The lowest BCUT2D eigenvalue weighted by atomic mass is 10.2. The number of nitrogens with zero attached hydrogens (tertiary/aromatic N) is 2. The number of aromatic amines is 1. The Labute approximate surface area is 177 Å². The van der Waals surface area contributed by atoms with Crippen molar-refractivity contribution in [2.45, 2.75) is 13.5 Å². The van der Waals surface area contributed by atoms with Crippen LogP contribution in [0.2, 0.25) is 5.02 Å². The number of halogens is 1. The third-order valence-corrected chi connectivity index (χ3v) is 4.20. The van der Waals surface area contributed by atoms with Gasteiger partial charge in [0.05, 0.1) is 13.3 Å². The molecule has 1 amide bonds. The quantitative estimate of drug-likeness (QED) is 0.446. The van der Waals surface area contributed by atoms with Crippen LogP contribution in [0.3, 0.4) is 0 Å². The highest BCUT2D eigenvalue weighted by Gasteiger charge is 2.09. The van der Waals surface area contributed by atoms with Gasteiger partial charge in [-0.3, -0.25) is 4.79 Å². The maximum Gasteiger partial charge on any atom is 0.345 e. The number of hydrogen-bond donors (Lipinski definition) is 2. The molecule has 1 heterocycles. The molecule has 3 aromatic rings. The fourth-order valence-electron chi connectivity index (χ4n) is 2.59. The Hall–Kier alpha value is -3.65. The molecule has 0 aliphatic carbocycles. The number of aryl methyl sites for hydroxylation is 1. The van der Waals surface area contributed by atoms with Crippen LogP contribution < -0.4 is 20.6 Å². The van der Waals surface area contributed by atoms with Crippen molar-refractivity contribution in [2.75, 3.05) is 7.11 Å². The second-order valence-electron chi connectivity index (χ2n) is 6.28. The van der Waals surface area contributed by atoms with Gasteiger partial charge in [-0.15, -0.1) is 0 Å². The van der Waals surface area contributed by atoms with Crippen LogP contribution in [0.1, 0.15) is 27.3 Å². The van der Waals surface area contributed by atoms with Gasteiger partial charge in [0, 0.05) is 10.7 Å². The zero-order valence-corrected chi connectivity index (χ0v) is 17.1. The van der Waals surface area contributed by atoms with E-state index in [4.69, 9.17) is 21.1 Å². The molecule has 0 saturated heterocycles. The highest BCUT2D eigenvalue weighted by molar-refractivity contribution is 6.30. The fourth-order valence-corrected chi connectivity index (χ4v) is 2.80. The lowest BCUT2D eigenvalue weighted by Gasteiger charge is -2.11. The van der Waals surface area contributed by atoms with Crippen molar-refractivity contribution in [1.82, 2.24) is 15.4 Å². The monoisotopic (exact) mass is 426 g/mol. The van der Waals surface area contributed by atoms with Gasteiger partial charge in [-0.05, 0) is 54.4 Å². The number of benzene rings is 2. The third-order valence-electron chi connectivity index (χ3n) is 3.96. The fraction of sp³-hybridized carbons (Fsp3) is 0.143. The average molecular weight is 427 g/mol. The first kappa shape index (κ1) is 21.1. The lowest BCUT2D eigenvalue weighted by Crippen LogP contribution is -2.24. The van der Waals surface area contributed by atoms with Gasteiger partial charge >= 0.3 is 5.69 Å². The highest BCUT2D eigenvalue weighted by atomic mass is 35.5. The number of nitrogens with one attached hydrogen (secondary N) is 2. The predicted octanol–water partition coefficient (Wildman–Crippen LogP) is 3.08. The van der Waals surface area contributed by atoms with E-state index in [1.54, 1.807) is 31.2 Å². The van der Waals surface area contributed by atoms with E-state index < -0.39 is 11.6 Å². The third kappa shape index (κ3) is 5.68. The molecule has 8 nitrogen and oxygen atoms in total. The van der Waals surface area contributed by atoms with Crippen LogP contribution >= 0.6 is 11.6 Å². The number of carbonyl (C=O) groups excluding carboxylic acids is 1. The summed E-state index contributed by atoms with van der Waals surface area (Å²) in [5.74, 6) is 0.481. The van der Waals surface area contributed by atoms with Gasteiger partial charge in [-0.1, -0.05) is 23.7 Å². The zero-order chi connectivity index (χ0) is 21.5. The number of aromatic nitrogens is 2. The van der Waals surface area contributed by atoms with E-state index in [-0.39, 0.29) is 5.69 Å². The summed E-state index contributed by atoms with van der Waals surface area (Å²) in [6, 6.07) is 14.1. The summed E-state index contributed by atoms with van der Waals surface area (Å²) in [4.78, 5) is 29.5. The van der Waals surface area contributed by atoms with E-state index in [9.17, 15) is 9.59 Å². The minimum absolute atomic E-state index is 0.0178. The first-order valence-electron chi connectivity index (χ1n) is 8.91. The number of carbonyl (C=O) groups is 1. The topological polar surface area (TPSA) is 106 Å². The van der Waals surface area contributed by atoms with E-state index in [1.165, 1.54) is 19.4 Å². The van der Waals surface area contributed by atoms with Gasteiger partial charge in [0.1, 0.15) is 12.3 Å². The number of ether oxygens (including phenoxy) is 2. The highest BCUT2D eigenvalue weighted by Crippen LogP contribution is 2.28. The average Bonchev–Trinajstić information content (AvgIpc) is 2.72. The van der Waals surface area contributed by atoms with Crippen LogP contribution in [0.5, 0.6) is 11.5 Å². The van der Waals surface area contributed by atoms with Crippen LogP contribution in [0, 0.1) is 6.92 Å². The molecule has 0 unspecified atom stereocenters. The van der Waals surface area contributed by atoms with Crippen molar-refractivity contribution >= 4 is 23.7 Å². The van der Waals surface area contributed by atoms with Gasteiger partial charge in [0.2, 0.25) is 0 Å². The molecule has 0 aliphatic heterocycles. The Morgan fingerprint density at radius 2 is 2.07 bits per heavy atom. The van der Waals surface area contributed by atoms with E-state index in [2.05, 4.69) is 20.5 Å². The Balaban J connectivity index is 1.65. The van der Waals surface area contributed by atoms with Crippen molar-refractivity contribution in [3.8, 4) is 11.5 Å². The lowest BCUT2D eigenvalue weighted by molar-refractivity contribution is 0.0949. The predicted molar refractivity (Wildman–Crippen MR) is 113 cm³/mol. The molecule has 0 saturated carbocycles. The number of methoxy groups -OCH3 is 1. The van der Waals surface area contributed by atoms with Crippen molar-refractivity contribution in [1.29, 1.82) is 0 Å². The molecular weight excluding hydrogens is 408 g/mol. The summed E-state index contributed by atoms with van der Waals surface area (Å²) in [5, 5.41) is 4.54. The van der Waals surface area contributed by atoms with E-state index >= 15 is 0 Å². The summed E-state index contributed by atoms with van der Waals surface area (Å²) in [5.41, 5.74) is 3.86. The second kappa shape index (κ2) is 9.71. The molecule has 0 bridgehead atoms. The minimum atomic E-state index is -0.595. The maximum atomic E-state index is 12.1. The van der Waals surface area contributed by atoms with Gasteiger partial charge in [-0.2, -0.15) is 10.1 Å². The minimum Gasteiger partial charge on any atom is -0.493 e. The van der Waals surface area contributed by atoms with Crippen molar-refractivity contribution in [3.05, 3.63) is 86.6 Å². The van der Waals surface area contributed by atoms with Crippen molar-refractivity contribution in [2.24, 2.45) is 5.10 Å². The van der Waals surface area contributed by atoms with Crippen LogP contribution in [0.25, 0.3) is 0 Å². The number of hydrazone groups is 1. The van der Waals surface area contributed by atoms with E-state index in [0.29, 0.717) is 34.4 Å². The molecule has 0 spiro atoms. The second-order valence-corrected chi connectivity index (χ2v) is 6.72. The Morgan fingerprint density at radius 3 is 2.80 bits per heavy atom. The number of hydrogen-bond acceptors (Lipinski definition) is 6. The molecule has 3 rings (SSSR count). The normalized spacial score (nSPS) is 10.8. The van der Waals surface area contributed by atoms with Crippen molar-refractivity contribution < 1.29 is 14.3 Å². The first-order chi connectivity index (χ1) is 14.4. The Bertz CT molecular complexity index is 1140. The molecule has 0 radical (unpaired) electrons. The molecule has 154 valence electrons. The summed E-state index contributed by atoms with van der Waals surface area (Å²) in [7, 11) is 1.53. The number of H-pyrrole nitrogens is 1. The number of amides is 1. The Morgan fingerprint density at radius 1 is 1.23 bits per heavy atom. The van der Waals surface area contributed by atoms with Gasteiger partial charge in [-0.25, -0.2) is 10.2 Å². The number of rotatable bonds is 7. The van der Waals surface area contributed by atoms with E-state index in [1.807, 2.05) is 18.2 Å². The van der Waals surface area contributed by atoms with Crippen molar-refractivity contribution in [3.63, 3.8) is 0 Å². The molecule has 2 aromatic carbocycles. The molecular formula is C21H19ClN4O4. The SMILES string of the molecule is COc1cc(/C=N/NC(=O)c2cc(C)[nH]c(=O)n2)ccc1OCc1cccc(Cl)c1. The zero-order valence-electron chi connectivity index (χ0n) is 16.3. The van der Waals surface area contributed by atoms with Crippen LogP contribution in [-0.4, -0.2) is 29.2 Å². The van der Waals surface area contributed by atoms with Crippen LogP contribution in [-0.2, 0) is 6.61 Å². The van der Waals surface area contributed by atoms with E-state index in [0.717, 1.165) is 5.56 Å². The first-order valence-corrected chi connectivity index (χ1v) is 9.29. The summed E-state index contributed by atoms with van der Waals surface area (Å²) < 4.78 is 11.2. The smallest absolute Gasteiger partial charge is 0.345 e. The van der Waals surface area contributed by atoms with Crippen LogP contribution in [0.15, 0.2) is 58.4 Å². The molecule has 0 atom stereocenters. The maximum absolute atomic E-state index is 12.1. The van der Waals surface area contributed by atoms with Gasteiger partial charge in [0.25, 0.3) is 5.91 Å².